The molecule has 2 rings (SSSR count). The Morgan fingerprint density at radius 2 is 2.27 bits per heavy atom. The average Bonchev–Trinajstić information content (AvgIpc) is 2.69. The molecule has 5 heteroatoms. The normalized spacial score (nSPS) is 10.7. The second-order valence-corrected chi connectivity index (χ2v) is 4.87. The lowest BCUT2D eigenvalue weighted by atomic mass is 10.3. The topological polar surface area (TPSA) is 30.7 Å². The van der Waals surface area contributed by atoms with Crippen LogP contribution < -0.4 is 0 Å². The monoisotopic (exact) mass is 237 g/mol. The highest BCUT2D eigenvalue weighted by Gasteiger charge is 2.03. The molecule has 3 nitrogen and oxygen atoms in total. The van der Waals surface area contributed by atoms with Gasteiger partial charge in [0, 0.05) is 4.20 Å². The molecule has 2 aromatic rings. The Kier molecular flexibility index (Phi) is 3.33. The summed E-state index contributed by atoms with van der Waals surface area (Å²) < 4.78 is 2.89. The fourth-order valence-corrected chi connectivity index (χ4v) is 2.07. The van der Waals surface area contributed by atoms with E-state index in [1.165, 1.54) is 0 Å². The maximum Gasteiger partial charge on any atom is 0.113 e. The molecule has 0 aliphatic heterocycles. The van der Waals surface area contributed by atoms with E-state index in [0.717, 1.165) is 27.5 Å². The summed E-state index contributed by atoms with van der Waals surface area (Å²) >= 11 is 6.79. The van der Waals surface area contributed by atoms with E-state index in [1.807, 2.05) is 28.9 Å². The van der Waals surface area contributed by atoms with Gasteiger partial charge in [0.1, 0.15) is 5.52 Å². The molecule has 0 bridgehead atoms. The van der Waals surface area contributed by atoms with Crippen molar-refractivity contribution >= 4 is 39.2 Å². The van der Waals surface area contributed by atoms with Gasteiger partial charge in [0.2, 0.25) is 0 Å². The van der Waals surface area contributed by atoms with E-state index < -0.39 is 0 Å². The van der Waals surface area contributed by atoms with Gasteiger partial charge in [-0.2, -0.15) is 0 Å². The molecule has 1 aromatic carbocycles. The number of aromatic nitrogens is 3. The van der Waals surface area contributed by atoms with E-state index in [2.05, 4.69) is 17.2 Å². The predicted molar refractivity (Wildman–Crippen MR) is 68.0 cm³/mol. The van der Waals surface area contributed by atoms with E-state index in [0.29, 0.717) is 0 Å². The number of fused-ring (bicyclic) bond motifs is 1. The zero-order valence-corrected chi connectivity index (χ0v) is 10.0. The lowest BCUT2D eigenvalue weighted by molar-refractivity contribution is 0.724. The first-order valence-electron chi connectivity index (χ1n) is 4.75. The molecule has 0 radical (unpaired) electrons. The van der Waals surface area contributed by atoms with Crippen LogP contribution in [0.2, 0.25) is 0 Å². The molecule has 0 unspecified atom stereocenters. The number of hydrogen-bond acceptors (Lipinski definition) is 4. The van der Waals surface area contributed by atoms with Crippen LogP contribution in [-0.2, 0) is 5.88 Å². The van der Waals surface area contributed by atoms with Crippen molar-refractivity contribution in [3.05, 3.63) is 24.3 Å². The fourth-order valence-electron chi connectivity index (χ4n) is 1.25. The van der Waals surface area contributed by atoms with E-state index >= 15 is 0 Å². The van der Waals surface area contributed by atoms with Crippen molar-refractivity contribution in [1.82, 2.24) is 15.0 Å². The molecule has 0 atom stereocenters. The Labute approximate surface area is 97.9 Å². The van der Waals surface area contributed by atoms with Crippen LogP contribution in [0.5, 0.6) is 0 Å². The lowest BCUT2D eigenvalue weighted by Gasteiger charge is -2.01. The first-order chi connectivity index (χ1) is 7.31. The Balaban J connectivity index is 2.18. The molecule has 0 spiro atoms. The van der Waals surface area contributed by atoms with Crippen LogP contribution in [0.1, 0.15) is 13.3 Å². The van der Waals surface area contributed by atoms with Crippen molar-refractivity contribution in [2.45, 2.75) is 19.2 Å². The van der Waals surface area contributed by atoms with Gasteiger partial charge < -0.3 is 0 Å². The van der Waals surface area contributed by atoms with Gasteiger partial charge in [0.25, 0.3) is 0 Å². The molecular formula is C10H11N3S2. The van der Waals surface area contributed by atoms with Gasteiger partial charge in [0.05, 0.1) is 11.4 Å². The highest BCUT2D eigenvalue weighted by molar-refractivity contribution is 8.22. The molecule has 0 aliphatic carbocycles. The summed E-state index contributed by atoms with van der Waals surface area (Å²) in [5.41, 5.74) is 1.99. The minimum absolute atomic E-state index is 0.743. The molecule has 0 fully saturated rings. The quantitative estimate of drug-likeness (QED) is 0.768. The highest BCUT2D eigenvalue weighted by Crippen LogP contribution is 2.15. The molecule has 0 amide bonds. The third-order valence-electron chi connectivity index (χ3n) is 2.06. The first-order valence-corrected chi connectivity index (χ1v) is 6.14. The summed E-state index contributed by atoms with van der Waals surface area (Å²) in [7, 11) is 0. The average molecular weight is 237 g/mol. The molecule has 1 aromatic heterocycles. The maximum absolute atomic E-state index is 5.15. The number of rotatable bonds is 3. The second-order valence-electron chi connectivity index (χ2n) is 3.08. The van der Waals surface area contributed by atoms with E-state index in [-0.39, 0.29) is 0 Å². The van der Waals surface area contributed by atoms with E-state index in [9.17, 15) is 0 Å². The summed E-state index contributed by atoms with van der Waals surface area (Å²) in [6, 6.07) is 7.93. The largest absolute Gasteiger partial charge is 0.234 e. The Hall–Kier alpha value is -0.940. The van der Waals surface area contributed by atoms with Gasteiger partial charge in [0.15, 0.2) is 0 Å². The predicted octanol–water partition coefficient (Wildman–Crippen LogP) is 2.86. The zero-order valence-electron chi connectivity index (χ0n) is 8.38. The number of thioether (sulfide) groups is 1. The van der Waals surface area contributed by atoms with Crippen molar-refractivity contribution in [1.29, 1.82) is 0 Å². The smallest absolute Gasteiger partial charge is 0.113 e. The zero-order chi connectivity index (χ0) is 10.7. The van der Waals surface area contributed by atoms with Gasteiger partial charge in [-0.3, -0.25) is 0 Å². The van der Waals surface area contributed by atoms with Crippen molar-refractivity contribution in [3.63, 3.8) is 0 Å². The molecule has 0 saturated carbocycles. The minimum atomic E-state index is 0.743. The van der Waals surface area contributed by atoms with Crippen LogP contribution in [0, 0.1) is 0 Å². The van der Waals surface area contributed by atoms with E-state index in [1.54, 1.807) is 11.8 Å². The van der Waals surface area contributed by atoms with Crippen LogP contribution in [0.15, 0.2) is 24.3 Å². The molecule has 0 saturated heterocycles. The number of thiocarbonyl (C=S) groups is 1. The first kappa shape index (κ1) is 10.6. The summed E-state index contributed by atoms with van der Waals surface area (Å²) in [6.07, 6.45) is 0.923. The maximum atomic E-state index is 5.15. The summed E-state index contributed by atoms with van der Waals surface area (Å²) in [5, 5.41) is 8.17. The Bertz CT molecular complexity index is 478. The van der Waals surface area contributed by atoms with Crippen LogP contribution in [0.4, 0.5) is 0 Å². The lowest BCUT2D eigenvalue weighted by Crippen LogP contribution is -1.99. The third kappa shape index (κ3) is 2.35. The van der Waals surface area contributed by atoms with Crippen LogP contribution >= 0.6 is 24.0 Å². The molecule has 15 heavy (non-hydrogen) atoms. The second kappa shape index (κ2) is 4.72. The summed E-state index contributed by atoms with van der Waals surface area (Å²) in [6.45, 7) is 2.06. The van der Waals surface area contributed by atoms with Gasteiger partial charge in [-0.15, -0.1) is 5.10 Å². The minimum Gasteiger partial charge on any atom is -0.234 e. The van der Waals surface area contributed by atoms with Crippen LogP contribution in [-0.4, -0.2) is 19.2 Å². The summed E-state index contributed by atoms with van der Waals surface area (Å²) in [5.74, 6) is 0.743. The fraction of sp³-hybridized carbons (Fsp3) is 0.300. The highest BCUT2D eigenvalue weighted by atomic mass is 32.2. The SMILES string of the molecule is CCC(=S)SCn1nnc2ccccc21. The van der Waals surface area contributed by atoms with Crippen molar-refractivity contribution in [2.24, 2.45) is 0 Å². The van der Waals surface area contributed by atoms with Gasteiger partial charge >= 0.3 is 0 Å². The van der Waals surface area contributed by atoms with E-state index in [4.69, 9.17) is 12.2 Å². The number of hydrogen-bond donors (Lipinski definition) is 0. The van der Waals surface area contributed by atoms with Crippen molar-refractivity contribution < 1.29 is 0 Å². The molecule has 1 heterocycles. The van der Waals surface area contributed by atoms with Gasteiger partial charge in [-0.1, -0.05) is 48.2 Å². The van der Waals surface area contributed by atoms with Crippen molar-refractivity contribution in [3.8, 4) is 0 Å². The van der Waals surface area contributed by atoms with Gasteiger partial charge in [-0.05, 0) is 18.6 Å². The van der Waals surface area contributed by atoms with Crippen LogP contribution in [0.25, 0.3) is 11.0 Å². The summed E-state index contributed by atoms with van der Waals surface area (Å²) in [4.78, 5) is 0. The molecular weight excluding hydrogens is 226 g/mol. The molecule has 0 aliphatic rings. The Morgan fingerprint density at radius 1 is 1.47 bits per heavy atom. The number of para-hydroxylation sites is 1. The Morgan fingerprint density at radius 3 is 3.07 bits per heavy atom. The van der Waals surface area contributed by atoms with Gasteiger partial charge in [-0.25, -0.2) is 4.68 Å². The van der Waals surface area contributed by atoms with Crippen LogP contribution in [0.3, 0.4) is 0 Å². The molecule has 78 valence electrons. The standard InChI is InChI=1S/C10H11N3S2/c1-2-10(14)15-7-13-9-6-4-3-5-8(9)11-12-13/h3-6H,2,7H2,1H3. The molecule has 0 N–H and O–H groups in total. The third-order valence-corrected chi connectivity index (χ3v) is 3.68. The number of nitrogens with zero attached hydrogens (tertiary/aromatic N) is 3. The van der Waals surface area contributed by atoms with Crippen molar-refractivity contribution in [2.75, 3.05) is 0 Å². The number of benzene rings is 1.